The fourth-order valence-electron chi connectivity index (χ4n) is 4.09. The molecule has 0 spiro atoms. The molecule has 30 heavy (non-hydrogen) atoms. The Morgan fingerprint density at radius 2 is 1.90 bits per heavy atom. The fourth-order valence-corrected chi connectivity index (χ4v) is 4.09. The van der Waals surface area contributed by atoms with E-state index in [0.717, 1.165) is 41.9 Å². The van der Waals surface area contributed by atoms with Crippen molar-refractivity contribution in [3.8, 4) is 11.5 Å². The topological polar surface area (TPSA) is 68.6 Å². The second-order valence-corrected chi connectivity index (χ2v) is 7.68. The zero-order valence-corrected chi connectivity index (χ0v) is 17.7. The number of imidazole rings is 1. The molecule has 0 radical (unpaired) electrons. The molecule has 0 aliphatic carbocycles. The van der Waals surface area contributed by atoms with Gasteiger partial charge in [-0.2, -0.15) is 0 Å². The summed E-state index contributed by atoms with van der Waals surface area (Å²) in [5, 5.41) is 3.08. The SMILES string of the molecule is COc1cc(CNC(=O)C2CCCN(c3nc4ccccc4n3C)C2)cc(OC)c1. The first-order valence-corrected chi connectivity index (χ1v) is 10.2. The first kappa shape index (κ1) is 20.1. The smallest absolute Gasteiger partial charge is 0.225 e. The van der Waals surface area contributed by atoms with E-state index < -0.39 is 0 Å². The molecule has 1 aliphatic heterocycles. The number of amides is 1. The van der Waals surface area contributed by atoms with Gasteiger partial charge in [0.25, 0.3) is 0 Å². The molecule has 1 fully saturated rings. The van der Waals surface area contributed by atoms with Gasteiger partial charge in [-0.1, -0.05) is 12.1 Å². The predicted molar refractivity (Wildman–Crippen MR) is 117 cm³/mol. The molecule has 1 atom stereocenters. The largest absolute Gasteiger partial charge is 0.497 e. The summed E-state index contributed by atoms with van der Waals surface area (Å²) in [4.78, 5) is 19.9. The molecule has 1 aliphatic rings. The molecule has 4 rings (SSSR count). The van der Waals surface area contributed by atoms with Crippen molar-refractivity contribution in [3.63, 3.8) is 0 Å². The number of nitrogens with one attached hydrogen (secondary N) is 1. The number of ether oxygens (including phenoxy) is 2. The van der Waals surface area contributed by atoms with Crippen molar-refractivity contribution in [2.45, 2.75) is 19.4 Å². The van der Waals surface area contributed by atoms with Crippen LogP contribution in [0.2, 0.25) is 0 Å². The second kappa shape index (κ2) is 8.65. The van der Waals surface area contributed by atoms with Crippen LogP contribution in [0.5, 0.6) is 11.5 Å². The van der Waals surface area contributed by atoms with Gasteiger partial charge in [0, 0.05) is 32.7 Å². The second-order valence-electron chi connectivity index (χ2n) is 7.68. The van der Waals surface area contributed by atoms with Crippen molar-refractivity contribution in [3.05, 3.63) is 48.0 Å². The lowest BCUT2D eigenvalue weighted by atomic mass is 9.97. The van der Waals surface area contributed by atoms with Crippen LogP contribution in [0.15, 0.2) is 42.5 Å². The molecule has 7 nitrogen and oxygen atoms in total. The van der Waals surface area contributed by atoms with Crippen LogP contribution in [0.3, 0.4) is 0 Å². The summed E-state index contributed by atoms with van der Waals surface area (Å²) in [5.74, 6) is 2.35. The fraction of sp³-hybridized carbons (Fsp3) is 0.391. The quantitative estimate of drug-likeness (QED) is 0.679. The first-order chi connectivity index (χ1) is 14.6. The van der Waals surface area contributed by atoms with Crippen molar-refractivity contribution in [2.24, 2.45) is 13.0 Å². The van der Waals surface area contributed by atoms with Crippen LogP contribution in [0.1, 0.15) is 18.4 Å². The van der Waals surface area contributed by atoms with E-state index in [1.165, 1.54) is 0 Å². The van der Waals surface area contributed by atoms with Gasteiger partial charge in [-0.05, 0) is 42.7 Å². The van der Waals surface area contributed by atoms with Crippen LogP contribution in [0.4, 0.5) is 5.95 Å². The number of piperidine rings is 1. The number of aromatic nitrogens is 2. The van der Waals surface area contributed by atoms with Crippen LogP contribution < -0.4 is 19.7 Å². The lowest BCUT2D eigenvalue weighted by Crippen LogP contribution is -2.43. The monoisotopic (exact) mass is 408 g/mol. The van der Waals surface area contributed by atoms with E-state index >= 15 is 0 Å². The molecule has 1 aromatic heterocycles. The molecule has 1 saturated heterocycles. The van der Waals surface area contributed by atoms with Crippen LogP contribution in [-0.2, 0) is 18.4 Å². The Balaban J connectivity index is 1.43. The lowest BCUT2D eigenvalue weighted by molar-refractivity contribution is -0.125. The molecule has 158 valence electrons. The van der Waals surface area contributed by atoms with E-state index in [1.807, 2.05) is 43.4 Å². The maximum Gasteiger partial charge on any atom is 0.225 e. The zero-order valence-electron chi connectivity index (χ0n) is 17.7. The van der Waals surface area contributed by atoms with Gasteiger partial charge in [-0.3, -0.25) is 4.79 Å². The molecule has 1 unspecified atom stereocenters. The molecule has 0 saturated carbocycles. The molecule has 1 N–H and O–H groups in total. The Labute approximate surface area is 176 Å². The van der Waals surface area contributed by atoms with Gasteiger partial charge >= 0.3 is 0 Å². The van der Waals surface area contributed by atoms with Crippen LogP contribution in [-0.4, -0.2) is 42.8 Å². The van der Waals surface area contributed by atoms with Crippen LogP contribution in [0.25, 0.3) is 11.0 Å². The average Bonchev–Trinajstić information content (AvgIpc) is 3.14. The summed E-state index contributed by atoms with van der Waals surface area (Å²) in [6.07, 6.45) is 1.85. The Morgan fingerprint density at radius 3 is 2.60 bits per heavy atom. The third kappa shape index (κ3) is 4.06. The molecular weight excluding hydrogens is 380 g/mol. The Bertz CT molecular complexity index is 1020. The highest BCUT2D eigenvalue weighted by molar-refractivity contribution is 5.81. The molecule has 2 aromatic carbocycles. The number of aryl methyl sites for hydroxylation is 1. The van der Waals surface area contributed by atoms with Gasteiger partial charge in [0.2, 0.25) is 11.9 Å². The van der Waals surface area contributed by atoms with Gasteiger partial charge < -0.3 is 24.3 Å². The van der Waals surface area contributed by atoms with E-state index in [1.54, 1.807) is 14.2 Å². The Kier molecular flexibility index (Phi) is 5.79. The van der Waals surface area contributed by atoms with Crippen molar-refractivity contribution in [2.75, 3.05) is 32.2 Å². The standard InChI is InChI=1S/C23H28N4O3/c1-26-21-9-5-4-8-20(21)25-23(26)27-10-6-7-17(15-27)22(28)24-14-16-11-18(29-2)13-19(12-16)30-3/h4-5,8-9,11-13,17H,6-7,10,14-15H2,1-3H3,(H,24,28). The number of hydrogen-bond donors (Lipinski definition) is 1. The van der Waals surface area contributed by atoms with Gasteiger partial charge in [0.15, 0.2) is 0 Å². The number of rotatable bonds is 6. The van der Waals surface area contributed by atoms with Crippen molar-refractivity contribution in [1.29, 1.82) is 0 Å². The summed E-state index contributed by atoms with van der Waals surface area (Å²) >= 11 is 0. The van der Waals surface area contributed by atoms with Crippen molar-refractivity contribution in [1.82, 2.24) is 14.9 Å². The van der Waals surface area contributed by atoms with Crippen LogP contribution >= 0.6 is 0 Å². The third-order valence-corrected chi connectivity index (χ3v) is 5.72. The Hall–Kier alpha value is -3.22. The highest BCUT2D eigenvalue weighted by Gasteiger charge is 2.28. The predicted octanol–water partition coefficient (Wildman–Crippen LogP) is 3.12. The van der Waals surface area contributed by atoms with E-state index in [9.17, 15) is 4.79 Å². The number of carbonyl (C=O) groups is 1. The summed E-state index contributed by atoms with van der Waals surface area (Å²) in [5.41, 5.74) is 3.03. The van der Waals surface area contributed by atoms with E-state index in [4.69, 9.17) is 14.5 Å². The van der Waals surface area contributed by atoms with E-state index in [-0.39, 0.29) is 11.8 Å². The Morgan fingerprint density at radius 1 is 1.17 bits per heavy atom. The number of benzene rings is 2. The molecule has 7 heteroatoms. The maximum atomic E-state index is 12.9. The van der Waals surface area contributed by atoms with E-state index in [2.05, 4.69) is 20.9 Å². The summed E-state index contributed by atoms with van der Waals surface area (Å²) in [7, 11) is 5.27. The maximum absolute atomic E-state index is 12.9. The highest BCUT2D eigenvalue weighted by Crippen LogP contribution is 2.26. The van der Waals surface area contributed by atoms with Gasteiger partial charge in [0.05, 0.1) is 31.2 Å². The van der Waals surface area contributed by atoms with Gasteiger partial charge in [-0.15, -0.1) is 0 Å². The number of nitrogens with zero attached hydrogens (tertiary/aromatic N) is 3. The third-order valence-electron chi connectivity index (χ3n) is 5.72. The molecule has 2 heterocycles. The number of methoxy groups -OCH3 is 2. The zero-order chi connectivity index (χ0) is 21.1. The van der Waals surface area contributed by atoms with Crippen molar-refractivity contribution < 1.29 is 14.3 Å². The molecule has 3 aromatic rings. The summed E-state index contributed by atoms with van der Waals surface area (Å²) in [6.45, 7) is 2.02. The highest BCUT2D eigenvalue weighted by atomic mass is 16.5. The minimum Gasteiger partial charge on any atom is -0.497 e. The molecule has 0 bridgehead atoms. The number of hydrogen-bond acceptors (Lipinski definition) is 5. The van der Waals surface area contributed by atoms with Crippen molar-refractivity contribution >= 4 is 22.9 Å². The molecule has 1 amide bonds. The summed E-state index contributed by atoms with van der Waals surface area (Å²) < 4.78 is 12.7. The van der Waals surface area contributed by atoms with E-state index in [0.29, 0.717) is 24.6 Å². The molecular formula is C23H28N4O3. The number of fused-ring (bicyclic) bond motifs is 1. The van der Waals surface area contributed by atoms with Crippen LogP contribution in [0, 0.1) is 5.92 Å². The van der Waals surface area contributed by atoms with Gasteiger partial charge in [-0.25, -0.2) is 4.98 Å². The first-order valence-electron chi connectivity index (χ1n) is 10.2. The minimum atomic E-state index is -0.0638. The number of anilines is 1. The summed E-state index contributed by atoms with van der Waals surface area (Å²) in [6, 6.07) is 13.8. The van der Waals surface area contributed by atoms with Gasteiger partial charge in [0.1, 0.15) is 11.5 Å². The number of carbonyl (C=O) groups excluding carboxylic acids is 1. The number of para-hydroxylation sites is 2. The normalized spacial score (nSPS) is 16.5. The average molecular weight is 409 g/mol. The minimum absolute atomic E-state index is 0.0638. The lowest BCUT2D eigenvalue weighted by Gasteiger charge is -2.32.